The summed E-state index contributed by atoms with van der Waals surface area (Å²) in [5, 5.41) is 5.64. The lowest BCUT2D eigenvalue weighted by Crippen LogP contribution is -2.02. The fourth-order valence-electron chi connectivity index (χ4n) is 3.55. The van der Waals surface area contributed by atoms with E-state index in [1.165, 1.54) is 0 Å². The summed E-state index contributed by atoms with van der Waals surface area (Å²) in [6.07, 6.45) is 1.72. The Kier molecular flexibility index (Phi) is 3.80. The van der Waals surface area contributed by atoms with Gasteiger partial charge in [-0.05, 0) is 50.6 Å². The minimum absolute atomic E-state index is 0.667. The summed E-state index contributed by atoms with van der Waals surface area (Å²) in [5.74, 6) is 1.53. The maximum absolute atomic E-state index is 4.85. The van der Waals surface area contributed by atoms with E-state index in [0.29, 0.717) is 5.82 Å². The zero-order valence-corrected chi connectivity index (χ0v) is 17.3. The summed E-state index contributed by atoms with van der Waals surface area (Å²) < 4.78 is 4.80. The number of fused-ring (bicyclic) bond motifs is 3. The lowest BCUT2D eigenvalue weighted by molar-refractivity contribution is 0.916. The number of halogens is 1. The zero-order valence-electron chi connectivity index (χ0n) is 15.7. The molecule has 138 valence electrons. The Morgan fingerprint density at radius 2 is 1.71 bits per heavy atom. The molecule has 0 unspecified atom stereocenters. The van der Waals surface area contributed by atoms with Crippen molar-refractivity contribution < 1.29 is 0 Å². The van der Waals surface area contributed by atoms with E-state index in [-0.39, 0.29) is 0 Å². The van der Waals surface area contributed by atoms with Crippen molar-refractivity contribution in [2.75, 3.05) is 0 Å². The normalized spacial score (nSPS) is 11.6. The van der Waals surface area contributed by atoms with E-state index in [0.717, 1.165) is 49.5 Å². The number of benzene rings is 1. The first-order chi connectivity index (χ1) is 13.5. The highest BCUT2D eigenvalue weighted by atomic mass is 79.9. The fraction of sp³-hybridized carbons (Fsp3) is 0.143. The molecule has 0 aliphatic heterocycles. The van der Waals surface area contributed by atoms with Crippen molar-refractivity contribution >= 4 is 32.6 Å². The maximum Gasteiger partial charge on any atom is 0.183 e. The van der Waals surface area contributed by atoms with Crippen LogP contribution in [-0.4, -0.2) is 29.1 Å². The molecule has 4 heterocycles. The van der Waals surface area contributed by atoms with Gasteiger partial charge < -0.3 is 0 Å². The molecule has 4 aromatic heterocycles. The third-order valence-corrected chi connectivity index (χ3v) is 5.74. The van der Waals surface area contributed by atoms with Gasteiger partial charge in [0.2, 0.25) is 0 Å². The van der Waals surface area contributed by atoms with Gasteiger partial charge in [0, 0.05) is 21.4 Å². The van der Waals surface area contributed by atoms with Gasteiger partial charge in [-0.25, -0.2) is 19.5 Å². The lowest BCUT2D eigenvalue weighted by atomic mass is 10.2. The van der Waals surface area contributed by atoms with Crippen molar-refractivity contribution in [3.05, 3.63) is 70.2 Å². The Morgan fingerprint density at radius 1 is 0.893 bits per heavy atom. The summed E-state index contributed by atoms with van der Waals surface area (Å²) in [5.41, 5.74) is 5.78. The van der Waals surface area contributed by atoms with Gasteiger partial charge in [-0.1, -0.05) is 34.1 Å². The van der Waals surface area contributed by atoms with Crippen LogP contribution in [0.3, 0.4) is 0 Å². The lowest BCUT2D eigenvalue weighted by Gasteiger charge is -2.07. The van der Waals surface area contributed by atoms with Gasteiger partial charge in [0.25, 0.3) is 0 Å². The average molecular weight is 433 g/mol. The van der Waals surface area contributed by atoms with Crippen LogP contribution in [-0.2, 0) is 0 Å². The Morgan fingerprint density at radius 3 is 2.50 bits per heavy atom. The molecule has 5 rings (SSSR count). The van der Waals surface area contributed by atoms with Crippen LogP contribution in [0.5, 0.6) is 0 Å². The summed E-state index contributed by atoms with van der Waals surface area (Å²) in [7, 11) is 0. The van der Waals surface area contributed by atoms with Crippen LogP contribution in [0, 0.1) is 20.8 Å². The first-order valence-corrected chi connectivity index (χ1v) is 9.76. The number of hydrogen-bond acceptors (Lipinski definition) is 4. The molecule has 0 bridgehead atoms. The molecule has 0 aliphatic rings. The van der Waals surface area contributed by atoms with Crippen LogP contribution >= 0.6 is 15.9 Å². The first kappa shape index (κ1) is 17.1. The van der Waals surface area contributed by atoms with E-state index in [1.54, 1.807) is 10.8 Å². The summed E-state index contributed by atoms with van der Waals surface area (Å²) in [6, 6.07) is 14.0. The quantitative estimate of drug-likeness (QED) is 0.401. The third kappa shape index (κ3) is 2.46. The summed E-state index contributed by atoms with van der Waals surface area (Å²) >= 11 is 3.59. The number of aromatic nitrogens is 6. The van der Waals surface area contributed by atoms with Gasteiger partial charge in [0.15, 0.2) is 17.1 Å². The van der Waals surface area contributed by atoms with Gasteiger partial charge in [-0.3, -0.25) is 4.57 Å². The Labute approximate surface area is 170 Å². The molecule has 0 fully saturated rings. The monoisotopic (exact) mass is 432 g/mol. The Balaban J connectivity index is 1.82. The highest BCUT2D eigenvalue weighted by Gasteiger charge is 2.20. The molecule has 0 amide bonds. The van der Waals surface area contributed by atoms with Gasteiger partial charge in [0.05, 0.1) is 5.39 Å². The molecular weight excluding hydrogens is 416 g/mol. The number of nitrogens with zero attached hydrogens (tertiary/aromatic N) is 6. The first-order valence-electron chi connectivity index (χ1n) is 8.96. The fourth-order valence-corrected chi connectivity index (χ4v) is 4.01. The molecule has 0 saturated heterocycles. The van der Waals surface area contributed by atoms with E-state index in [1.807, 2.05) is 49.4 Å². The molecule has 0 aliphatic carbocycles. The van der Waals surface area contributed by atoms with Crippen molar-refractivity contribution in [3.8, 4) is 17.2 Å². The van der Waals surface area contributed by atoms with E-state index < -0.39 is 0 Å². The highest BCUT2D eigenvalue weighted by molar-refractivity contribution is 9.10. The van der Waals surface area contributed by atoms with Gasteiger partial charge in [0.1, 0.15) is 12.1 Å². The van der Waals surface area contributed by atoms with E-state index in [4.69, 9.17) is 9.97 Å². The number of aryl methyl sites for hydroxylation is 2. The predicted octanol–water partition coefficient (Wildman–Crippen LogP) is 4.82. The molecule has 0 spiro atoms. The number of rotatable bonds is 2. The smallest absolute Gasteiger partial charge is 0.183 e. The van der Waals surface area contributed by atoms with Crippen molar-refractivity contribution in [1.82, 2.24) is 29.1 Å². The van der Waals surface area contributed by atoms with Gasteiger partial charge in [-0.15, -0.1) is 5.10 Å². The minimum Gasteiger partial charge on any atom is -0.282 e. The van der Waals surface area contributed by atoms with E-state index in [9.17, 15) is 0 Å². The third-order valence-electron chi connectivity index (χ3n) is 5.05. The second-order valence-corrected chi connectivity index (χ2v) is 7.66. The Bertz CT molecular complexity index is 1360. The number of hydrogen-bond donors (Lipinski definition) is 0. The van der Waals surface area contributed by atoms with E-state index in [2.05, 4.69) is 44.4 Å². The van der Waals surface area contributed by atoms with Crippen LogP contribution in [0.2, 0.25) is 0 Å². The second kappa shape index (κ2) is 6.24. The van der Waals surface area contributed by atoms with E-state index >= 15 is 0 Å². The van der Waals surface area contributed by atoms with Crippen LogP contribution in [0.1, 0.15) is 17.0 Å². The Hall–Kier alpha value is -3.06. The summed E-state index contributed by atoms with van der Waals surface area (Å²) in [4.78, 5) is 14.2. The van der Waals surface area contributed by atoms with Crippen molar-refractivity contribution in [3.63, 3.8) is 0 Å². The molecule has 6 nitrogen and oxygen atoms in total. The van der Waals surface area contributed by atoms with Gasteiger partial charge in [-0.2, -0.15) is 0 Å². The number of pyridine rings is 1. The SMILES string of the molecule is Cc1cccc(-n2c(C)c(C)c3c2ncn2nc(-c4ccccc4Br)nc32)n1. The maximum atomic E-state index is 4.85. The van der Waals surface area contributed by atoms with Crippen LogP contribution in [0.4, 0.5) is 0 Å². The molecule has 0 N–H and O–H groups in total. The predicted molar refractivity (Wildman–Crippen MR) is 113 cm³/mol. The molecule has 7 heteroatoms. The molecule has 5 aromatic rings. The topological polar surface area (TPSA) is 60.9 Å². The average Bonchev–Trinajstić information content (AvgIpc) is 3.21. The largest absolute Gasteiger partial charge is 0.282 e. The summed E-state index contributed by atoms with van der Waals surface area (Å²) in [6.45, 7) is 6.17. The van der Waals surface area contributed by atoms with Crippen LogP contribution in [0.15, 0.2) is 53.3 Å². The van der Waals surface area contributed by atoms with Crippen LogP contribution < -0.4 is 0 Å². The zero-order chi connectivity index (χ0) is 19.4. The van der Waals surface area contributed by atoms with Crippen molar-refractivity contribution in [2.24, 2.45) is 0 Å². The molecular formula is C21H17BrN6. The standard InChI is InChI=1S/C21H17BrN6/c1-12-7-6-10-17(24-12)28-14(3)13(2)18-20(28)23-11-27-21(18)25-19(26-27)15-8-4-5-9-16(15)22/h4-11H,1-3H3. The molecule has 28 heavy (non-hydrogen) atoms. The minimum atomic E-state index is 0.667. The van der Waals surface area contributed by atoms with Crippen molar-refractivity contribution in [2.45, 2.75) is 20.8 Å². The van der Waals surface area contributed by atoms with Crippen molar-refractivity contribution in [1.29, 1.82) is 0 Å². The molecule has 0 saturated carbocycles. The highest BCUT2D eigenvalue weighted by Crippen LogP contribution is 2.31. The second-order valence-electron chi connectivity index (χ2n) is 6.81. The van der Waals surface area contributed by atoms with Crippen LogP contribution in [0.25, 0.3) is 33.9 Å². The molecule has 0 atom stereocenters. The van der Waals surface area contributed by atoms with Gasteiger partial charge >= 0.3 is 0 Å². The molecule has 0 radical (unpaired) electrons. The molecule has 1 aromatic carbocycles.